The van der Waals surface area contributed by atoms with Gasteiger partial charge in [-0.25, -0.2) is 0 Å². The van der Waals surface area contributed by atoms with Crippen LogP contribution in [0.1, 0.15) is 24.4 Å². The Balaban J connectivity index is 0.00000128. The Labute approximate surface area is 100 Å². The van der Waals surface area contributed by atoms with Gasteiger partial charge in [-0.15, -0.1) is 22.6 Å². The number of aryl methyl sites for hydroxylation is 1. The first-order chi connectivity index (χ1) is 7.16. The maximum absolute atomic E-state index is 5.64. The van der Waals surface area contributed by atoms with Crippen LogP contribution in [0.4, 0.5) is 0 Å². The monoisotopic (exact) mass is 239 g/mol. The van der Waals surface area contributed by atoms with Crippen LogP contribution in [0.3, 0.4) is 0 Å². The first-order valence-corrected chi connectivity index (χ1v) is 4.83. The lowest BCUT2D eigenvalue weighted by molar-refractivity contribution is 0.473. The van der Waals surface area contributed by atoms with Crippen LogP contribution in [-0.4, -0.2) is 10.2 Å². The molecule has 1 aromatic heterocycles. The summed E-state index contributed by atoms with van der Waals surface area (Å²) >= 11 is 0. The van der Waals surface area contributed by atoms with Gasteiger partial charge in [0.1, 0.15) is 0 Å². The highest BCUT2D eigenvalue weighted by Crippen LogP contribution is 2.20. The third kappa shape index (κ3) is 2.59. The highest BCUT2D eigenvalue weighted by atomic mass is 35.5. The van der Waals surface area contributed by atoms with Crippen molar-refractivity contribution in [2.45, 2.75) is 19.9 Å². The minimum atomic E-state index is -0.226. The Hall–Kier alpha value is -1.39. The molecule has 1 unspecified atom stereocenters. The van der Waals surface area contributed by atoms with E-state index in [1.165, 1.54) is 0 Å². The van der Waals surface area contributed by atoms with Crippen LogP contribution in [-0.2, 0) is 0 Å². The van der Waals surface area contributed by atoms with Crippen molar-refractivity contribution in [2.75, 3.05) is 0 Å². The number of aromatic nitrogens is 2. The average Bonchev–Trinajstić information content (AvgIpc) is 2.66. The molecular weight excluding hydrogens is 226 g/mol. The molecule has 1 heterocycles. The van der Waals surface area contributed by atoms with Crippen molar-refractivity contribution in [1.29, 1.82) is 0 Å². The summed E-state index contributed by atoms with van der Waals surface area (Å²) in [7, 11) is 0. The fourth-order valence-electron chi connectivity index (χ4n) is 1.31. The Bertz CT molecular complexity index is 468. The summed E-state index contributed by atoms with van der Waals surface area (Å²) in [5, 5.41) is 7.83. The summed E-state index contributed by atoms with van der Waals surface area (Å²) in [6.45, 7) is 3.83. The number of benzene rings is 1. The minimum absolute atomic E-state index is 0. The zero-order valence-electron chi connectivity index (χ0n) is 9.18. The molecule has 1 atom stereocenters. The first kappa shape index (κ1) is 12.7. The summed E-state index contributed by atoms with van der Waals surface area (Å²) in [6, 6.07) is 7.69. The van der Waals surface area contributed by atoms with E-state index in [0.29, 0.717) is 11.8 Å². The van der Waals surface area contributed by atoms with Gasteiger partial charge in [-0.1, -0.05) is 17.7 Å². The van der Waals surface area contributed by atoms with E-state index in [1.54, 1.807) is 0 Å². The number of nitrogens with zero attached hydrogens (tertiary/aromatic N) is 2. The van der Waals surface area contributed by atoms with E-state index in [4.69, 9.17) is 10.2 Å². The molecule has 0 spiro atoms. The van der Waals surface area contributed by atoms with E-state index in [0.717, 1.165) is 11.1 Å². The highest BCUT2D eigenvalue weighted by Gasteiger charge is 2.11. The van der Waals surface area contributed by atoms with Crippen LogP contribution >= 0.6 is 12.4 Å². The van der Waals surface area contributed by atoms with E-state index in [9.17, 15) is 0 Å². The standard InChI is InChI=1S/C11H13N3O.ClH/c1-7-4-3-5-9(6-7)11-14-13-10(15-11)8(2)12;/h3-6,8H,12H2,1-2H3;1H. The predicted molar refractivity (Wildman–Crippen MR) is 64.3 cm³/mol. The fraction of sp³-hybridized carbons (Fsp3) is 0.273. The molecule has 0 saturated carbocycles. The second-order valence-corrected chi connectivity index (χ2v) is 3.60. The van der Waals surface area contributed by atoms with Crippen molar-refractivity contribution in [2.24, 2.45) is 5.73 Å². The van der Waals surface area contributed by atoms with Gasteiger partial charge in [-0.05, 0) is 26.0 Å². The van der Waals surface area contributed by atoms with E-state index in [2.05, 4.69) is 10.2 Å². The number of halogens is 1. The third-order valence-corrected chi connectivity index (χ3v) is 2.10. The number of rotatable bonds is 2. The second kappa shape index (κ2) is 5.09. The van der Waals surface area contributed by atoms with E-state index < -0.39 is 0 Å². The van der Waals surface area contributed by atoms with Crippen molar-refractivity contribution < 1.29 is 4.42 Å². The third-order valence-electron chi connectivity index (χ3n) is 2.10. The van der Waals surface area contributed by atoms with Crippen molar-refractivity contribution in [3.63, 3.8) is 0 Å². The van der Waals surface area contributed by atoms with Gasteiger partial charge in [0.25, 0.3) is 0 Å². The zero-order chi connectivity index (χ0) is 10.8. The molecule has 86 valence electrons. The molecule has 0 aliphatic rings. The van der Waals surface area contributed by atoms with Gasteiger partial charge < -0.3 is 10.2 Å². The normalized spacial score (nSPS) is 11.9. The highest BCUT2D eigenvalue weighted by molar-refractivity contribution is 5.85. The van der Waals surface area contributed by atoms with Crippen LogP contribution in [0.2, 0.25) is 0 Å². The maximum atomic E-state index is 5.64. The fourth-order valence-corrected chi connectivity index (χ4v) is 1.31. The van der Waals surface area contributed by atoms with E-state index >= 15 is 0 Å². The van der Waals surface area contributed by atoms with Gasteiger partial charge in [0, 0.05) is 5.56 Å². The van der Waals surface area contributed by atoms with Crippen molar-refractivity contribution in [3.8, 4) is 11.5 Å². The summed E-state index contributed by atoms with van der Waals surface area (Å²) in [5.74, 6) is 0.984. The van der Waals surface area contributed by atoms with Gasteiger partial charge in [-0.2, -0.15) is 0 Å². The van der Waals surface area contributed by atoms with Gasteiger partial charge in [-0.3, -0.25) is 0 Å². The topological polar surface area (TPSA) is 64.9 Å². The molecule has 5 heteroatoms. The van der Waals surface area contributed by atoms with Gasteiger partial charge in [0.15, 0.2) is 0 Å². The average molecular weight is 240 g/mol. The zero-order valence-corrected chi connectivity index (χ0v) is 9.99. The Kier molecular flexibility index (Phi) is 4.04. The Morgan fingerprint density at radius 1 is 1.31 bits per heavy atom. The summed E-state index contributed by atoms with van der Waals surface area (Å²) in [5.41, 5.74) is 7.72. The molecule has 0 fully saturated rings. The molecule has 0 aliphatic heterocycles. The molecule has 1 aromatic carbocycles. The second-order valence-electron chi connectivity index (χ2n) is 3.60. The quantitative estimate of drug-likeness (QED) is 0.875. The first-order valence-electron chi connectivity index (χ1n) is 4.83. The minimum Gasteiger partial charge on any atom is -0.419 e. The number of hydrogen-bond donors (Lipinski definition) is 1. The lowest BCUT2D eigenvalue weighted by Crippen LogP contribution is -2.04. The lowest BCUT2D eigenvalue weighted by Gasteiger charge is -1.97. The van der Waals surface area contributed by atoms with Crippen molar-refractivity contribution in [3.05, 3.63) is 35.7 Å². The smallest absolute Gasteiger partial charge is 0.247 e. The lowest BCUT2D eigenvalue weighted by atomic mass is 10.1. The number of hydrogen-bond acceptors (Lipinski definition) is 4. The molecular formula is C11H14ClN3O. The van der Waals surface area contributed by atoms with Gasteiger partial charge >= 0.3 is 0 Å². The molecule has 4 nitrogen and oxygen atoms in total. The van der Waals surface area contributed by atoms with E-state index in [-0.39, 0.29) is 18.4 Å². The molecule has 2 rings (SSSR count). The largest absolute Gasteiger partial charge is 0.419 e. The number of nitrogens with two attached hydrogens (primary N) is 1. The van der Waals surface area contributed by atoms with Gasteiger partial charge in [0.2, 0.25) is 11.8 Å². The molecule has 0 amide bonds. The summed E-state index contributed by atoms with van der Waals surface area (Å²) in [6.07, 6.45) is 0. The molecule has 0 saturated heterocycles. The van der Waals surface area contributed by atoms with Crippen LogP contribution in [0, 0.1) is 6.92 Å². The molecule has 2 aromatic rings. The van der Waals surface area contributed by atoms with Crippen molar-refractivity contribution in [1.82, 2.24) is 10.2 Å². The Morgan fingerprint density at radius 3 is 2.62 bits per heavy atom. The van der Waals surface area contributed by atoms with Crippen LogP contribution in [0.25, 0.3) is 11.5 Å². The maximum Gasteiger partial charge on any atom is 0.247 e. The Morgan fingerprint density at radius 2 is 2.06 bits per heavy atom. The molecule has 16 heavy (non-hydrogen) atoms. The van der Waals surface area contributed by atoms with Crippen molar-refractivity contribution >= 4 is 12.4 Å². The van der Waals surface area contributed by atoms with Gasteiger partial charge in [0.05, 0.1) is 6.04 Å². The van der Waals surface area contributed by atoms with Crippen LogP contribution in [0.15, 0.2) is 28.7 Å². The molecule has 0 bridgehead atoms. The summed E-state index contributed by atoms with van der Waals surface area (Å²) in [4.78, 5) is 0. The predicted octanol–water partition coefficient (Wildman–Crippen LogP) is 2.49. The molecule has 2 N–H and O–H groups in total. The molecule has 0 radical (unpaired) electrons. The SMILES string of the molecule is Cc1cccc(-c2nnc(C(C)N)o2)c1.Cl. The van der Waals surface area contributed by atoms with Crippen LogP contribution in [0.5, 0.6) is 0 Å². The summed E-state index contributed by atoms with van der Waals surface area (Å²) < 4.78 is 5.44. The van der Waals surface area contributed by atoms with Crippen LogP contribution < -0.4 is 5.73 Å². The molecule has 0 aliphatic carbocycles. The van der Waals surface area contributed by atoms with E-state index in [1.807, 2.05) is 38.1 Å².